The number of nitrogens with zero attached hydrogens (tertiary/aromatic N) is 2. The minimum absolute atomic E-state index is 0.127. The Hall–Kier alpha value is -2.01. The standard InChI is InChI=1S/C20H29N5O3S2/c1-13-8-10-14(11-9-13)30(27,28)25-20(22)23-12-4-5-15(21)18(26)19-24-16-6-2-3-7-17(16)29-19/h8-11,15,18,26H,2-7,12,21H2,1H3,(H3,22,23,25)/t15-,18?/m0/s1. The highest BCUT2D eigenvalue weighted by atomic mass is 32.2. The molecule has 10 heteroatoms. The van der Waals surface area contributed by atoms with Crippen LogP contribution in [-0.4, -0.2) is 37.1 Å². The molecule has 0 saturated carbocycles. The van der Waals surface area contributed by atoms with Crippen LogP contribution in [0.25, 0.3) is 0 Å². The number of thiazole rings is 1. The van der Waals surface area contributed by atoms with Crippen LogP contribution in [0.4, 0.5) is 0 Å². The van der Waals surface area contributed by atoms with Gasteiger partial charge in [0, 0.05) is 17.5 Å². The normalized spacial score (nSPS) is 16.7. The first-order valence-electron chi connectivity index (χ1n) is 10.1. The first kappa shape index (κ1) is 22.7. The van der Waals surface area contributed by atoms with Crippen molar-refractivity contribution >= 4 is 27.3 Å². The molecule has 164 valence electrons. The van der Waals surface area contributed by atoms with Crippen LogP contribution >= 0.6 is 11.3 Å². The predicted molar refractivity (Wildman–Crippen MR) is 119 cm³/mol. The van der Waals surface area contributed by atoms with Crippen LogP contribution in [-0.2, 0) is 22.9 Å². The highest BCUT2D eigenvalue weighted by Gasteiger charge is 2.23. The molecule has 0 amide bonds. The summed E-state index contributed by atoms with van der Waals surface area (Å²) in [5, 5.41) is 11.2. The van der Waals surface area contributed by atoms with E-state index in [1.165, 1.54) is 23.4 Å². The van der Waals surface area contributed by atoms with E-state index in [0.717, 1.165) is 30.5 Å². The smallest absolute Gasteiger partial charge is 0.264 e. The van der Waals surface area contributed by atoms with Gasteiger partial charge in [-0.05, 0) is 57.6 Å². The average Bonchev–Trinajstić information content (AvgIpc) is 3.14. The van der Waals surface area contributed by atoms with Crippen molar-refractivity contribution in [2.45, 2.75) is 62.5 Å². The predicted octanol–water partition coefficient (Wildman–Crippen LogP) is 1.76. The number of nitrogens with one attached hydrogen (secondary N) is 1. The molecule has 2 aromatic rings. The van der Waals surface area contributed by atoms with Crippen LogP contribution in [0.1, 0.15) is 52.9 Å². The maximum atomic E-state index is 12.3. The maximum Gasteiger partial charge on any atom is 0.264 e. The van der Waals surface area contributed by atoms with E-state index in [1.54, 1.807) is 23.5 Å². The zero-order valence-electron chi connectivity index (χ0n) is 17.0. The molecule has 1 aromatic carbocycles. The maximum absolute atomic E-state index is 12.3. The van der Waals surface area contributed by atoms with Gasteiger partial charge in [0.25, 0.3) is 10.0 Å². The number of aromatic nitrogens is 1. The summed E-state index contributed by atoms with van der Waals surface area (Å²) in [5.41, 5.74) is 13.9. The summed E-state index contributed by atoms with van der Waals surface area (Å²) >= 11 is 1.56. The first-order valence-corrected chi connectivity index (χ1v) is 12.4. The molecule has 2 atom stereocenters. The summed E-state index contributed by atoms with van der Waals surface area (Å²) in [6.45, 7) is 2.18. The second-order valence-corrected chi connectivity index (χ2v) is 10.4. The van der Waals surface area contributed by atoms with Gasteiger partial charge in [-0.1, -0.05) is 17.7 Å². The molecule has 6 N–H and O–H groups in total. The van der Waals surface area contributed by atoms with Gasteiger partial charge in [0.05, 0.1) is 10.6 Å². The van der Waals surface area contributed by atoms with E-state index in [2.05, 4.69) is 14.7 Å². The van der Waals surface area contributed by atoms with Gasteiger partial charge < -0.3 is 16.6 Å². The van der Waals surface area contributed by atoms with Crippen molar-refractivity contribution in [1.29, 1.82) is 0 Å². The highest BCUT2D eigenvalue weighted by Crippen LogP contribution is 2.31. The molecular weight excluding hydrogens is 422 g/mol. The van der Waals surface area contributed by atoms with Crippen molar-refractivity contribution in [3.05, 3.63) is 45.4 Å². The Bertz CT molecular complexity index is 963. The number of hydrogen-bond acceptors (Lipinski definition) is 7. The van der Waals surface area contributed by atoms with Gasteiger partial charge in [-0.15, -0.1) is 11.3 Å². The Morgan fingerprint density at radius 1 is 1.30 bits per heavy atom. The molecule has 0 bridgehead atoms. The van der Waals surface area contributed by atoms with Crippen molar-refractivity contribution in [2.24, 2.45) is 16.5 Å². The molecule has 0 spiro atoms. The molecule has 0 radical (unpaired) electrons. The topological polar surface area (TPSA) is 144 Å². The minimum Gasteiger partial charge on any atom is -0.384 e. The number of hydrogen-bond donors (Lipinski definition) is 4. The molecule has 0 aliphatic heterocycles. The van der Waals surface area contributed by atoms with Crippen LogP contribution in [0.15, 0.2) is 34.2 Å². The Morgan fingerprint density at radius 3 is 2.70 bits per heavy atom. The zero-order valence-corrected chi connectivity index (χ0v) is 18.7. The number of aryl methyl sites for hydroxylation is 3. The molecule has 1 unspecified atom stereocenters. The lowest BCUT2D eigenvalue weighted by molar-refractivity contribution is 0.141. The largest absolute Gasteiger partial charge is 0.384 e. The van der Waals surface area contributed by atoms with Crippen molar-refractivity contribution in [1.82, 2.24) is 9.71 Å². The number of guanidine groups is 1. The molecule has 0 fully saturated rings. The van der Waals surface area contributed by atoms with Crippen LogP contribution in [0, 0.1) is 6.92 Å². The Morgan fingerprint density at radius 2 is 2.00 bits per heavy atom. The lowest BCUT2D eigenvalue weighted by Crippen LogP contribution is -2.37. The molecule has 3 rings (SSSR count). The minimum atomic E-state index is -3.76. The monoisotopic (exact) mass is 451 g/mol. The quantitative estimate of drug-likeness (QED) is 0.273. The number of sulfonamides is 1. The van der Waals surface area contributed by atoms with Crippen LogP contribution in [0.3, 0.4) is 0 Å². The highest BCUT2D eigenvalue weighted by molar-refractivity contribution is 7.90. The number of aliphatic hydroxyl groups excluding tert-OH is 1. The molecule has 8 nitrogen and oxygen atoms in total. The van der Waals surface area contributed by atoms with Gasteiger partial charge in [0.15, 0.2) is 0 Å². The van der Waals surface area contributed by atoms with Crippen molar-refractivity contribution in [3.63, 3.8) is 0 Å². The molecule has 0 saturated heterocycles. The number of rotatable bonds is 8. The molecule has 1 heterocycles. The summed E-state index contributed by atoms with van der Waals surface area (Å²) in [7, 11) is -3.76. The van der Waals surface area contributed by atoms with Crippen molar-refractivity contribution in [3.8, 4) is 0 Å². The number of aliphatic hydroxyl groups is 1. The van der Waals surface area contributed by atoms with Crippen molar-refractivity contribution in [2.75, 3.05) is 6.54 Å². The van der Waals surface area contributed by atoms with Crippen molar-refractivity contribution < 1.29 is 13.5 Å². The summed E-state index contributed by atoms with van der Waals surface area (Å²) in [5.74, 6) is -0.169. The number of nitrogens with two attached hydrogens (primary N) is 2. The Balaban J connectivity index is 1.47. The molecule has 30 heavy (non-hydrogen) atoms. The summed E-state index contributed by atoms with van der Waals surface area (Å²) in [6.07, 6.45) is 4.60. The Labute approximate surface area is 181 Å². The SMILES string of the molecule is Cc1ccc(S(=O)(=O)NC(N)=NCCC[C@H](N)C(O)c2nc3c(s2)CCCC3)cc1. The average molecular weight is 452 g/mol. The first-order chi connectivity index (χ1) is 14.3. The van der Waals surface area contributed by atoms with E-state index in [-0.39, 0.29) is 10.9 Å². The third kappa shape index (κ3) is 5.78. The van der Waals surface area contributed by atoms with Gasteiger partial charge >= 0.3 is 0 Å². The van der Waals surface area contributed by atoms with E-state index in [4.69, 9.17) is 11.5 Å². The number of benzene rings is 1. The van der Waals surface area contributed by atoms with E-state index in [0.29, 0.717) is 24.4 Å². The van der Waals surface area contributed by atoms with Crippen LogP contribution in [0.2, 0.25) is 0 Å². The second kappa shape index (κ2) is 9.86. The van der Waals surface area contributed by atoms with Gasteiger partial charge in [-0.2, -0.15) is 0 Å². The molecule has 1 aromatic heterocycles. The Kier molecular flexibility index (Phi) is 7.45. The number of fused-ring (bicyclic) bond motifs is 1. The van der Waals surface area contributed by atoms with Gasteiger partial charge in [-0.25, -0.2) is 18.1 Å². The fraction of sp³-hybridized carbons (Fsp3) is 0.500. The molecule has 1 aliphatic carbocycles. The lowest BCUT2D eigenvalue weighted by Gasteiger charge is -2.16. The third-order valence-electron chi connectivity index (χ3n) is 5.07. The summed E-state index contributed by atoms with van der Waals surface area (Å²) in [6, 6.07) is 6.00. The van der Waals surface area contributed by atoms with Gasteiger partial charge in [0.1, 0.15) is 11.1 Å². The van der Waals surface area contributed by atoms with E-state index >= 15 is 0 Å². The van der Waals surface area contributed by atoms with Crippen LogP contribution in [0.5, 0.6) is 0 Å². The van der Waals surface area contributed by atoms with Gasteiger partial charge in [-0.3, -0.25) is 4.99 Å². The fourth-order valence-corrected chi connectivity index (χ4v) is 5.48. The summed E-state index contributed by atoms with van der Waals surface area (Å²) in [4.78, 5) is 10.0. The lowest BCUT2D eigenvalue weighted by atomic mass is 10.0. The third-order valence-corrected chi connectivity index (χ3v) is 7.67. The van der Waals surface area contributed by atoms with E-state index < -0.39 is 22.2 Å². The summed E-state index contributed by atoms with van der Waals surface area (Å²) < 4.78 is 26.9. The molecular formula is C20H29N5O3S2. The zero-order chi connectivity index (χ0) is 21.7. The van der Waals surface area contributed by atoms with E-state index in [9.17, 15) is 13.5 Å². The second-order valence-electron chi connectivity index (χ2n) is 7.57. The molecule has 1 aliphatic rings. The van der Waals surface area contributed by atoms with E-state index in [1.807, 2.05) is 6.92 Å². The van der Waals surface area contributed by atoms with Crippen LogP contribution < -0.4 is 16.2 Å². The van der Waals surface area contributed by atoms with Gasteiger partial charge in [0.2, 0.25) is 5.96 Å². The fourth-order valence-electron chi connectivity index (χ4n) is 3.31. The number of aliphatic imine (C=N–C) groups is 1.